The summed E-state index contributed by atoms with van der Waals surface area (Å²) in [5, 5.41) is 11.7. The molecule has 0 aromatic heterocycles. The third-order valence-electron chi connectivity index (χ3n) is 2.73. The molecule has 0 radical (unpaired) electrons. The average molecular weight is 335 g/mol. The van der Waals surface area contributed by atoms with Gasteiger partial charge in [-0.25, -0.2) is 14.4 Å². The Bertz CT molecular complexity index is 652. The number of aliphatic carboxylic acids is 1. The van der Waals surface area contributed by atoms with Gasteiger partial charge in [0.05, 0.1) is 6.61 Å². The van der Waals surface area contributed by atoms with Crippen LogP contribution in [0.4, 0.5) is 0 Å². The van der Waals surface area contributed by atoms with Gasteiger partial charge in [0.1, 0.15) is 6.04 Å². The lowest BCUT2D eigenvalue weighted by Crippen LogP contribution is -2.28. The van der Waals surface area contributed by atoms with Crippen molar-refractivity contribution in [3.05, 3.63) is 47.7 Å². The van der Waals surface area contributed by atoms with E-state index in [2.05, 4.69) is 10.1 Å². The van der Waals surface area contributed by atoms with E-state index in [1.807, 2.05) is 0 Å². The van der Waals surface area contributed by atoms with Crippen molar-refractivity contribution in [3.8, 4) is 0 Å². The van der Waals surface area contributed by atoms with Crippen LogP contribution in [0.5, 0.6) is 0 Å². The molecule has 8 nitrogen and oxygen atoms in total. The minimum absolute atomic E-state index is 0.00936. The number of hydrogen-bond acceptors (Lipinski definition) is 7. The number of nitrogens with one attached hydrogen (secondary N) is 1. The molecule has 24 heavy (non-hydrogen) atoms. The van der Waals surface area contributed by atoms with Crippen molar-refractivity contribution < 1.29 is 33.8 Å². The molecule has 1 atom stereocenters. The van der Waals surface area contributed by atoms with Crippen LogP contribution < -0.4 is 5.32 Å². The van der Waals surface area contributed by atoms with E-state index in [4.69, 9.17) is 4.74 Å². The Kier molecular flexibility index (Phi) is 7.15. The molecule has 8 heteroatoms. The van der Waals surface area contributed by atoms with Gasteiger partial charge >= 0.3 is 23.9 Å². The van der Waals surface area contributed by atoms with Crippen LogP contribution in [-0.4, -0.2) is 35.6 Å². The molecule has 1 rings (SSSR count). The van der Waals surface area contributed by atoms with Gasteiger partial charge in [0.2, 0.25) is 0 Å². The maximum atomic E-state index is 11.8. The monoisotopic (exact) mass is 335 g/mol. The topological polar surface area (TPSA) is 119 Å². The Labute approximate surface area is 138 Å². The smallest absolute Gasteiger partial charge is 0.354 e. The highest BCUT2D eigenvalue weighted by Gasteiger charge is 2.25. The van der Waals surface area contributed by atoms with Gasteiger partial charge in [-0.15, -0.1) is 0 Å². The number of benzene rings is 1. The maximum Gasteiger partial charge on any atom is 0.354 e. The molecule has 0 amide bonds. The quantitative estimate of drug-likeness (QED) is 0.327. The van der Waals surface area contributed by atoms with E-state index in [0.717, 1.165) is 13.1 Å². The van der Waals surface area contributed by atoms with Crippen LogP contribution in [0.25, 0.3) is 0 Å². The standard InChI is InChI=1S/C16H17NO7/c1-3-23-15(21)12(16(22)24-10(2)18)9-17-13(14(19)20)11-7-5-4-6-8-11/h4-9,13,17H,3H2,1-2H3,(H,19,20)/b12-9-. The molecule has 0 saturated heterocycles. The van der Waals surface area contributed by atoms with E-state index in [1.54, 1.807) is 30.3 Å². The van der Waals surface area contributed by atoms with Crippen LogP contribution in [0.15, 0.2) is 42.1 Å². The molecule has 128 valence electrons. The summed E-state index contributed by atoms with van der Waals surface area (Å²) in [5.74, 6) is -4.40. The van der Waals surface area contributed by atoms with Gasteiger partial charge in [0.15, 0.2) is 5.57 Å². The molecule has 1 unspecified atom stereocenters. The SMILES string of the molecule is CCOC(=O)/C(=C/NC(C(=O)O)c1ccccc1)C(=O)OC(C)=O. The Hall–Kier alpha value is -3.16. The summed E-state index contributed by atoms with van der Waals surface area (Å²) in [4.78, 5) is 45.8. The third kappa shape index (κ3) is 5.56. The number of carbonyl (C=O) groups is 4. The van der Waals surface area contributed by atoms with E-state index < -0.39 is 35.5 Å². The zero-order valence-electron chi connectivity index (χ0n) is 13.1. The zero-order valence-corrected chi connectivity index (χ0v) is 13.1. The lowest BCUT2D eigenvalue weighted by molar-refractivity contribution is -0.157. The highest BCUT2D eigenvalue weighted by atomic mass is 16.6. The molecule has 1 aromatic carbocycles. The largest absolute Gasteiger partial charge is 0.479 e. The highest BCUT2D eigenvalue weighted by molar-refractivity contribution is 6.15. The number of carboxylic acid groups (broad SMARTS) is 1. The van der Waals surface area contributed by atoms with Crippen molar-refractivity contribution in [1.29, 1.82) is 0 Å². The second kappa shape index (κ2) is 9.09. The molecule has 0 spiro atoms. The fraction of sp³-hybridized carbons (Fsp3) is 0.250. The second-order valence-corrected chi connectivity index (χ2v) is 4.51. The fourth-order valence-electron chi connectivity index (χ4n) is 1.72. The summed E-state index contributed by atoms with van der Waals surface area (Å²) in [6.07, 6.45) is 0.870. The van der Waals surface area contributed by atoms with Crippen LogP contribution in [-0.2, 0) is 28.7 Å². The van der Waals surface area contributed by atoms with Crippen molar-refractivity contribution >= 4 is 23.9 Å². The number of carbonyl (C=O) groups excluding carboxylic acids is 3. The van der Waals surface area contributed by atoms with Crippen LogP contribution >= 0.6 is 0 Å². The lowest BCUT2D eigenvalue weighted by atomic mass is 10.1. The molecular weight excluding hydrogens is 318 g/mol. The predicted molar refractivity (Wildman–Crippen MR) is 81.4 cm³/mol. The van der Waals surface area contributed by atoms with E-state index in [-0.39, 0.29) is 6.61 Å². The Morgan fingerprint density at radius 1 is 1.17 bits per heavy atom. The highest BCUT2D eigenvalue weighted by Crippen LogP contribution is 2.13. The molecule has 0 aliphatic rings. The van der Waals surface area contributed by atoms with E-state index >= 15 is 0 Å². The predicted octanol–water partition coefficient (Wildman–Crippen LogP) is 0.939. The van der Waals surface area contributed by atoms with E-state index in [0.29, 0.717) is 5.56 Å². The van der Waals surface area contributed by atoms with Gasteiger partial charge in [0, 0.05) is 13.1 Å². The van der Waals surface area contributed by atoms with Crippen molar-refractivity contribution in [2.45, 2.75) is 19.9 Å². The Morgan fingerprint density at radius 2 is 1.79 bits per heavy atom. The zero-order chi connectivity index (χ0) is 18.1. The Balaban J connectivity index is 3.07. The second-order valence-electron chi connectivity index (χ2n) is 4.51. The molecule has 0 saturated carbocycles. The molecule has 0 aliphatic carbocycles. The van der Waals surface area contributed by atoms with E-state index in [9.17, 15) is 24.3 Å². The summed E-state index contributed by atoms with van der Waals surface area (Å²) >= 11 is 0. The van der Waals surface area contributed by atoms with Gasteiger partial charge in [-0.05, 0) is 12.5 Å². The van der Waals surface area contributed by atoms with Crippen LogP contribution in [0, 0.1) is 0 Å². The molecule has 0 bridgehead atoms. The summed E-state index contributed by atoms with van der Waals surface area (Å²) in [6.45, 7) is 2.52. The Morgan fingerprint density at radius 3 is 2.29 bits per heavy atom. The van der Waals surface area contributed by atoms with Crippen molar-refractivity contribution in [2.75, 3.05) is 6.61 Å². The van der Waals surface area contributed by atoms with Crippen molar-refractivity contribution in [1.82, 2.24) is 5.32 Å². The van der Waals surface area contributed by atoms with E-state index in [1.165, 1.54) is 6.92 Å². The molecular formula is C16H17NO7. The summed E-state index contributed by atoms with van der Waals surface area (Å²) in [6, 6.07) is 6.93. The molecule has 2 N–H and O–H groups in total. The van der Waals surface area contributed by atoms with Crippen LogP contribution in [0.2, 0.25) is 0 Å². The van der Waals surface area contributed by atoms with Crippen molar-refractivity contribution in [3.63, 3.8) is 0 Å². The maximum absolute atomic E-state index is 11.8. The van der Waals surface area contributed by atoms with Gasteiger partial charge < -0.3 is 19.9 Å². The number of carboxylic acids is 1. The first-order valence-corrected chi connectivity index (χ1v) is 7.00. The van der Waals surface area contributed by atoms with Crippen molar-refractivity contribution in [2.24, 2.45) is 0 Å². The van der Waals surface area contributed by atoms with Crippen LogP contribution in [0.1, 0.15) is 25.5 Å². The minimum atomic E-state index is -1.23. The molecule has 0 fully saturated rings. The molecule has 0 heterocycles. The first-order valence-electron chi connectivity index (χ1n) is 7.00. The fourth-order valence-corrected chi connectivity index (χ4v) is 1.72. The van der Waals surface area contributed by atoms with Gasteiger partial charge in [-0.1, -0.05) is 30.3 Å². The first-order chi connectivity index (χ1) is 11.4. The minimum Gasteiger partial charge on any atom is -0.479 e. The molecule has 0 aliphatic heterocycles. The first kappa shape index (κ1) is 18.9. The van der Waals surface area contributed by atoms with Gasteiger partial charge in [-0.2, -0.15) is 0 Å². The molecule has 1 aromatic rings. The number of rotatable bonds is 7. The average Bonchev–Trinajstić information content (AvgIpc) is 2.51. The van der Waals surface area contributed by atoms with Crippen LogP contribution in [0.3, 0.4) is 0 Å². The van der Waals surface area contributed by atoms with Gasteiger partial charge in [-0.3, -0.25) is 4.79 Å². The lowest BCUT2D eigenvalue weighted by Gasteiger charge is -2.14. The third-order valence-corrected chi connectivity index (χ3v) is 2.73. The number of ether oxygens (including phenoxy) is 2. The van der Waals surface area contributed by atoms with Gasteiger partial charge in [0.25, 0.3) is 0 Å². The number of esters is 3. The number of hydrogen-bond donors (Lipinski definition) is 2. The normalized spacial score (nSPS) is 12.0. The summed E-state index contributed by atoms with van der Waals surface area (Å²) in [5.41, 5.74) is -0.210. The summed E-state index contributed by atoms with van der Waals surface area (Å²) in [7, 11) is 0. The summed E-state index contributed by atoms with van der Waals surface area (Å²) < 4.78 is 9.04.